The van der Waals surface area contributed by atoms with Crippen molar-refractivity contribution in [2.75, 3.05) is 31.6 Å². The molecule has 0 radical (unpaired) electrons. The van der Waals surface area contributed by atoms with E-state index in [-0.39, 0.29) is 5.41 Å². The zero-order valence-electron chi connectivity index (χ0n) is 10.7. The van der Waals surface area contributed by atoms with Crippen molar-refractivity contribution >= 4 is 5.82 Å². The highest BCUT2D eigenvalue weighted by Gasteiger charge is 2.34. The molecule has 5 nitrogen and oxygen atoms in total. The van der Waals surface area contributed by atoms with Crippen molar-refractivity contribution in [3.05, 3.63) is 11.9 Å². The van der Waals surface area contributed by atoms with Crippen LogP contribution >= 0.6 is 0 Å². The van der Waals surface area contributed by atoms with Crippen molar-refractivity contribution < 1.29 is 4.74 Å². The third kappa shape index (κ3) is 2.20. The van der Waals surface area contributed by atoms with Crippen LogP contribution in [0.4, 0.5) is 5.82 Å². The maximum absolute atomic E-state index is 5.82. The molecule has 1 atom stereocenters. The Morgan fingerprint density at radius 2 is 2.29 bits per heavy atom. The van der Waals surface area contributed by atoms with Gasteiger partial charge in [0.25, 0.3) is 0 Å². The Labute approximate surface area is 102 Å². The summed E-state index contributed by atoms with van der Waals surface area (Å²) in [5.74, 6) is 1.62. The number of hydrogen-bond donors (Lipinski definition) is 1. The van der Waals surface area contributed by atoms with Gasteiger partial charge in [0.05, 0.1) is 12.7 Å². The molecule has 1 aliphatic heterocycles. The highest BCUT2D eigenvalue weighted by Crippen LogP contribution is 2.34. The molecule has 5 heteroatoms. The summed E-state index contributed by atoms with van der Waals surface area (Å²) in [6.07, 6.45) is 2.66. The summed E-state index contributed by atoms with van der Waals surface area (Å²) >= 11 is 0. The van der Waals surface area contributed by atoms with Crippen LogP contribution in [0.1, 0.15) is 18.9 Å². The van der Waals surface area contributed by atoms with Gasteiger partial charge < -0.3 is 15.4 Å². The van der Waals surface area contributed by atoms with Crippen LogP contribution in [-0.4, -0.2) is 36.7 Å². The Bertz CT molecular complexity index is 409. The zero-order valence-corrected chi connectivity index (χ0v) is 10.7. The second kappa shape index (κ2) is 4.49. The van der Waals surface area contributed by atoms with Crippen LogP contribution in [0.2, 0.25) is 0 Å². The molecule has 2 N–H and O–H groups in total. The fourth-order valence-corrected chi connectivity index (χ4v) is 2.32. The average Bonchev–Trinajstić information content (AvgIpc) is 2.73. The second-order valence-corrected chi connectivity index (χ2v) is 5.02. The van der Waals surface area contributed by atoms with Gasteiger partial charge in [-0.05, 0) is 25.3 Å². The van der Waals surface area contributed by atoms with E-state index < -0.39 is 0 Å². The first-order valence-corrected chi connectivity index (χ1v) is 5.90. The molecular weight excluding hydrogens is 216 g/mol. The molecule has 0 amide bonds. The highest BCUT2D eigenvalue weighted by molar-refractivity contribution is 5.51. The van der Waals surface area contributed by atoms with Crippen LogP contribution in [0.25, 0.3) is 0 Å². The van der Waals surface area contributed by atoms with Crippen LogP contribution in [0.3, 0.4) is 0 Å². The molecule has 1 aromatic heterocycles. The SMILES string of the molecule is COc1ncnc(N2CCC(C)(CN)C2)c1C. The number of methoxy groups -OCH3 is 1. The minimum absolute atomic E-state index is 0.199. The summed E-state index contributed by atoms with van der Waals surface area (Å²) in [5.41, 5.74) is 7.01. The molecular formula is C12H20N4O. The highest BCUT2D eigenvalue weighted by atomic mass is 16.5. The van der Waals surface area contributed by atoms with Crippen molar-refractivity contribution in [3.63, 3.8) is 0 Å². The largest absolute Gasteiger partial charge is 0.481 e. The lowest BCUT2D eigenvalue weighted by Crippen LogP contribution is -2.31. The smallest absolute Gasteiger partial charge is 0.221 e. The van der Waals surface area contributed by atoms with E-state index in [1.165, 1.54) is 0 Å². The fraction of sp³-hybridized carbons (Fsp3) is 0.667. The van der Waals surface area contributed by atoms with Gasteiger partial charge in [-0.3, -0.25) is 0 Å². The molecule has 17 heavy (non-hydrogen) atoms. The van der Waals surface area contributed by atoms with E-state index in [0.29, 0.717) is 12.4 Å². The quantitative estimate of drug-likeness (QED) is 0.847. The predicted molar refractivity (Wildman–Crippen MR) is 67.3 cm³/mol. The summed E-state index contributed by atoms with van der Waals surface area (Å²) in [7, 11) is 1.63. The van der Waals surface area contributed by atoms with Crippen molar-refractivity contribution in [1.82, 2.24) is 9.97 Å². The third-order valence-corrected chi connectivity index (χ3v) is 3.55. The van der Waals surface area contributed by atoms with Crippen LogP contribution < -0.4 is 15.4 Å². The number of nitrogens with two attached hydrogens (primary N) is 1. The second-order valence-electron chi connectivity index (χ2n) is 5.02. The van der Waals surface area contributed by atoms with Crippen molar-refractivity contribution in [2.45, 2.75) is 20.3 Å². The summed E-state index contributed by atoms with van der Waals surface area (Å²) in [4.78, 5) is 10.7. The molecule has 94 valence electrons. The van der Waals surface area contributed by atoms with Crippen LogP contribution in [-0.2, 0) is 0 Å². The van der Waals surface area contributed by atoms with Crippen LogP contribution in [0.5, 0.6) is 5.88 Å². The van der Waals surface area contributed by atoms with Gasteiger partial charge in [-0.15, -0.1) is 0 Å². The number of rotatable bonds is 3. The number of hydrogen-bond acceptors (Lipinski definition) is 5. The lowest BCUT2D eigenvalue weighted by atomic mass is 9.90. The van der Waals surface area contributed by atoms with E-state index in [0.717, 1.165) is 30.9 Å². The molecule has 0 aliphatic carbocycles. The average molecular weight is 236 g/mol. The molecule has 1 fully saturated rings. The van der Waals surface area contributed by atoms with Gasteiger partial charge in [-0.25, -0.2) is 9.97 Å². The van der Waals surface area contributed by atoms with Crippen molar-refractivity contribution in [3.8, 4) is 5.88 Å². The number of ether oxygens (including phenoxy) is 1. The van der Waals surface area contributed by atoms with E-state index in [2.05, 4.69) is 21.8 Å². The summed E-state index contributed by atoms with van der Waals surface area (Å²) < 4.78 is 5.22. The van der Waals surface area contributed by atoms with Crippen LogP contribution in [0, 0.1) is 12.3 Å². The van der Waals surface area contributed by atoms with Crippen molar-refractivity contribution in [2.24, 2.45) is 11.1 Å². The zero-order chi connectivity index (χ0) is 12.5. The molecule has 0 spiro atoms. The topological polar surface area (TPSA) is 64.3 Å². The van der Waals surface area contributed by atoms with E-state index >= 15 is 0 Å². The number of aromatic nitrogens is 2. The predicted octanol–water partition coefficient (Wildman–Crippen LogP) is 0.969. The Hall–Kier alpha value is -1.36. The summed E-state index contributed by atoms with van der Waals surface area (Å²) in [6.45, 7) is 6.87. The maximum Gasteiger partial charge on any atom is 0.221 e. The minimum Gasteiger partial charge on any atom is -0.481 e. The molecule has 1 aromatic rings. The molecule has 0 bridgehead atoms. The monoisotopic (exact) mass is 236 g/mol. The first-order chi connectivity index (χ1) is 8.09. The summed E-state index contributed by atoms with van der Waals surface area (Å²) in [6, 6.07) is 0. The Balaban J connectivity index is 2.25. The first-order valence-electron chi connectivity index (χ1n) is 5.90. The fourth-order valence-electron chi connectivity index (χ4n) is 2.32. The van der Waals surface area contributed by atoms with Gasteiger partial charge in [0.1, 0.15) is 12.1 Å². The van der Waals surface area contributed by atoms with Crippen LogP contribution in [0.15, 0.2) is 6.33 Å². The third-order valence-electron chi connectivity index (χ3n) is 3.55. The number of nitrogens with zero attached hydrogens (tertiary/aromatic N) is 3. The molecule has 2 rings (SSSR count). The molecule has 1 aliphatic rings. The van der Waals surface area contributed by atoms with Gasteiger partial charge in [-0.1, -0.05) is 6.92 Å². The van der Waals surface area contributed by atoms with Gasteiger partial charge >= 0.3 is 0 Å². The van der Waals surface area contributed by atoms with E-state index in [4.69, 9.17) is 10.5 Å². The van der Waals surface area contributed by atoms with E-state index in [1.54, 1.807) is 13.4 Å². The lowest BCUT2D eigenvalue weighted by Gasteiger charge is -2.24. The van der Waals surface area contributed by atoms with Crippen molar-refractivity contribution in [1.29, 1.82) is 0 Å². The molecule has 0 aromatic carbocycles. The number of anilines is 1. The Kier molecular flexibility index (Phi) is 3.19. The van der Waals surface area contributed by atoms with E-state index in [1.807, 2.05) is 6.92 Å². The lowest BCUT2D eigenvalue weighted by molar-refractivity contribution is 0.382. The summed E-state index contributed by atoms with van der Waals surface area (Å²) in [5, 5.41) is 0. The molecule has 1 unspecified atom stereocenters. The van der Waals surface area contributed by atoms with E-state index in [9.17, 15) is 0 Å². The molecule has 2 heterocycles. The normalized spacial score (nSPS) is 24.1. The Morgan fingerprint density at radius 1 is 1.53 bits per heavy atom. The molecule has 1 saturated heterocycles. The standard InChI is InChI=1S/C12H20N4O/c1-9-10(14-8-15-11(9)17-3)16-5-4-12(2,6-13)7-16/h8H,4-7,13H2,1-3H3. The van der Waals surface area contributed by atoms with Gasteiger partial charge in [0.15, 0.2) is 0 Å². The van der Waals surface area contributed by atoms with Gasteiger partial charge in [0.2, 0.25) is 5.88 Å². The Morgan fingerprint density at radius 3 is 2.88 bits per heavy atom. The van der Waals surface area contributed by atoms with Gasteiger partial charge in [-0.2, -0.15) is 0 Å². The maximum atomic E-state index is 5.82. The molecule has 0 saturated carbocycles. The minimum atomic E-state index is 0.199. The van der Waals surface area contributed by atoms with Gasteiger partial charge in [0, 0.05) is 13.1 Å². The first kappa shape index (κ1) is 12.1.